The molecule has 5 nitrogen and oxygen atoms in total. The van der Waals surface area contributed by atoms with Crippen molar-refractivity contribution >= 4 is 28.5 Å². The molecule has 0 radical (unpaired) electrons. The largest absolute Gasteiger partial charge is 0.335 e. The van der Waals surface area contributed by atoms with Gasteiger partial charge in [-0.05, 0) is 5.92 Å². The van der Waals surface area contributed by atoms with E-state index >= 15 is 0 Å². The van der Waals surface area contributed by atoms with E-state index in [1.807, 2.05) is 60.2 Å². The Balaban J connectivity index is 1.90. The number of fused-ring (bicyclic) bond motifs is 1. The van der Waals surface area contributed by atoms with Crippen molar-refractivity contribution < 1.29 is 9.63 Å². The maximum atomic E-state index is 11.6. The number of rotatable bonds is 5. The van der Waals surface area contributed by atoms with Crippen molar-refractivity contribution in [3.63, 3.8) is 0 Å². The summed E-state index contributed by atoms with van der Waals surface area (Å²) in [5, 5.41) is 5.81. The first-order valence-electron chi connectivity index (χ1n) is 7.39. The van der Waals surface area contributed by atoms with Crippen molar-refractivity contribution in [3.8, 4) is 11.3 Å². The Morgan fingerprint density at radius 2 is 2.17 bits per heavy atom. The van der Waals surface area contributed by atoms with Crippen LogP contribution in [0.25, 0.3) is 16.2 Å². The van der Waals surface area contributed by atoms with E-state index in [0.29, 0.717) is 6.42 Å². The van der Waals surface area contributed by atoms with Gasteiger partial charge in [0.05, 0.1) is 24.0 Å². The van der Waals surface area contributed by atoms with E-state index in [1.165, 1.54) is 0 Å². The minimum absolute atomic E-state index is 0.246. The number of hydrogen-bond donors (Lipinski definition) is 0. The van der Waals surface area contributed by atoms with Gasteiger partial charge in [0, 0.05) is 17.1 Å². The highest BCUT2D eigenvalue weighted by atomic mass is 32.1. The third kappa shape index (κ3) is 3.48. The summed E-state index contributed by atoms with van der Waals surface area (Å²) in [4.78, 5) is 22.0. The molecular formula is C17H17N3O2S. The average Bonchev–Trinajstić information content (AvgIpc) is 3.09. The molecule has 0 saturated carbocycles. The summed E-state index contributed by atoms with van der Waals surface area (Å²) < 4.78 is 1.94. The number of thiazole rings is 1. The molecule has 0 aliphatic rings. The first-order chi connectivity index (χ1) is 11.1. The maximum absolute atomic E-state index is 11.6. The fraction of sp³-hybridized carbons (Fsp3) is 0.235. The lowest BCUT2D eigenvalue weighted by Gasteiger charge is -2.01. The number of benzene rings is 1. The zero-order chi connectivity index (χ0) is 16.2. The number of hydrogen-bond acceptors (Lipinski definition) is 5. The van der Waals surface area contributed by atoms with Crippen molar-refractivity contribution in [2.24, 2.45) is 11.1 Å². The molecule has 0 aliphatic carbocycles. The monoisotopic (exact) mass is 327 g/mol. The van der Waals surface area contributed by atoms with E-state index in [9.17, 15) is 4.79 Å². The Hall–Kier alpha value is -2.47. The van der Waals surface area contributed by atoms with Crippen LogP contribution in [0.1, 0.15) is 26.0 Å². The average molecular weight is 327 g/mol. The van der Waals surface area contributed by atoms with Gasteiger partial charge < -0.3 is 4.84 Å². The Bertz CT molecular complexity index is 834. The highest BCUT2D eigenvalue weighted by Gasteiger charge is 2.13. The molecule has 0 aliphatic heterocycles. The molecule has 2 heterocycles. The summed E-state index contributed by atoms with van der Waals surface area (Å²) in [6.45, 7) is 3.93. The lowest BCUT2D eigenvalue weighted by molar-refractivity contribution is -0.144. The van der Waals surface area contributed by atoms with Crippen LogP contribution in [-0.2, 0) is 9.63 Å². The predicted octanol–water partition coefficient (Wildman–Crippen LogP) is 3.99. The van der Waals surface area contributed by atoms with Crippen LogP contribution in [0.15, 0.2) is 47.1 Å². The molecular weight excluding hydrogens is 310 g/mol. The van der Waals surface area contributed by atoms with Gasteiger partial charge in [-0.1, -0.05) is 49.3 Å². The summed E-state index contributed by atoms with van der Waals surface area (Å²) in [5.74, 6) is -0.0836. The smallest absolute Gasteiger partial charge is 0.318 e. The van der Waals surface area contributed by atoms with Crippen LogP contribution in [0.2, 0.25) is 0 Å². The van der Waals surface area contributed by atoms with Crippen molar-refractivity contribution in [1.29, 1.82) is 0 Å². The van der Waals surface area contributed by atoms with Crippen LogP contribution >= 0.6 is 11.3 Å². The molecule has 6 heteroatoms. The molecule has 3 rings (SSSR count). The summed E-state index contributed by atoms with van der Waals surface area (Å²) in [5.41, 5.74) is 2.62. The molecule has 0 spiro atoms. The second-order valence-corrected chi connectivity index (χ2v) is 6.44. The molecule has 0 amide bonds. The molecule has 0 unspecified atom stereocenters. The van der Waals surface area contributed by atoms with Crippen LogP contribution in [-0.4, -0.2) is 21.6 Å². The van der Waals surface area contributed by atoms with Gasteiger partial charge in [0.15, 0.2) is 4.96 Å². The Kier molecular flexibility index (Phi) is 4.52. The molecule has 0 bridgehead atoms. The van der Waals surface area contributed by atoms with Crippen molar-refractivity contribution in [2.75, 3.05) is 0 Å². The Labute approximate surface area is 138 Å². The number of carbonyl (C=O) groups is 1. The second kappa shape index (κ2) is 6.75. The lowest BCUT2D eigenvalue weighted by atomic mass is 10.1. The molecule has 0 N–H and O–H groups in total. The third-order valence-corrected chi connectivity index (χ3v) is 4.01. The molecule has 0 saturated heterocycles. The quantitative estimate of drug-likeness (QED) is 0.404. The van der Waals surface area contributed by atoms with Gasteiger partial charge in [0.25, 0.3) is 0 Å². The zero-order valence-corrected chi connectivity index (χ0v) is 13.8. The fourth-order valence-electron chi connectivity index (χ4n) is 2.24. The number of carbonyl (C=O) groups excluding carboxylic acids is 1. The van der Waals surface area contributed by atoms with Crippen LogP contribution in [0.3, 0.4) is 0 Å². The van der Waals surface area contributed by atoms with Gasteiger partial charge >= 0.3 is 5.97 Å². The molecule has 23 heavy (non-hydrogen) atoms. The summed E-state index contributed by atoms with van der Waals surface area (Å²) in [6, 6.07) is 9.88. The number of oxime groups is 1. The van der Waals surface area contributed by atoms with E-state index in [-0.39, 0.29) is 11.9 Å². The fourth-order valence-corrected chi connectivity index (χ4v) is 2.96. The van der Waals surface area contributed by atoms with E-state index in [2.05, 4.69) is 10.1 Å². The number of aromatic nitrogens is 2. The number of nitrogens with zero attached hydrogens (tertiary/aromatic N) is 3. The summed E-state index contributed by atoms with van der Waals surface area (Å²) in [6.07, 6.45) is 3.83. The highest BCUT2D eigenvalue weighted by Crippen LogP contribution is 2.25. The molecule has 118 valence electrons. The Morgan fingerprint density at radius 1 is 1.39 bits per heavy atom. The normalized spacial score (nSPS) is 11.6. The SMILES string of the molecule is CC(C)CC(=O)O/N=C/c1c(-c2ccccc2)nc2sccn12. The third-order valence-electron chi connectivity index (χ3n) is 3.25. The van der Waals surface area contributed by atoms with E-state index in [0.717, 1.165) is 21.9 Å². The minimum Gasteiger partial charge on any atom is -0.318 e. The van der Waals surface area contributed by atoms with Crippen LogP contribution in [0.5, 0.6) is 0 Å². The van der Waals surface area contributed by atoms with Gasteiger partial charge in [-0.25, -0.2) is 9.78 Å². The molecule has 1 aromatic carbocycles. The van der Waals surface area contributed by atoms with Gasteiger partial charge in [-0.15, -0.1) is 11.3 Å². The first-order valence-corrected chi connectivity index (χ1v) is 8.27. The van der Waals surface area contributed by atoms with Crippen LogP contribution in [0.4, 0.5) is 0 Å². The van der Waals surface area contributed by atoms with Gasteiger partial charge in [0.2, 0.25) is 0 Å². The second-order valence-electron chi connectivity index (χ2n) is 5.56. The van der Waals surface area contributed by atoms with Crippen molar-refractivity contribution in [3.05, 3.63) is 47.6 Å². The molecule has 0 fully saturated rings. The molecule has 3 aromatic rings. The van der Waals surface area contributed by atoms with E-state index < -0.39 is 0 Å². The summed E-state index contributed by atoms with van der Waals surface area (Å²) >= 11 is 1.55. The minimum atomic E-state index is -0.330. The zero-order valence-electron chi connectivity index (χ0n) is 13.0. The van der Waals surface area contributed by atoms with Crippen LogP contribution in [0, 0.1) is 5.92 Å². The lowest BCUT2D eigenvalue weighted by Crippen LogP contribution is -2.04. The van der Waals surface area contributed by atoms with Gasteiger partial charge in [0.1, 0.15) is 0 Å². The standard InChI is InChI=1S/C17H17N3O2S/c1-12(2)10-15(21)22-18-11-14-16(13-6-4-3-5-7-13)19-17-20(14)8-9-23-17/h3-9,11-12H,10H2,1-2H3/b18-11+. The number of imidazole rings is 1. The highest BCUT2D eigenvalue weighted by molar-refractivity contribution is 7.15. The van der Waals surface area contributed by atoms with E-state index in [4.69, 9.17) is 4.84 Å². The van der Waals surface area contributed by atoms with Gasteiger partial charge in [-0.2, -0.15) is 0 Å². The maximum Gasteiger partial charge on any atom is 0.335 e. The predicted molar refractivity (Wildman–Crippen MR) is 91.6 cm³/mol. The molecule has 2 aromatic heterocycles. The van der Waals surface area contributed by atoms with E-state index in [1.54, 1.807) is 17.6 Å². The van der Waals surface area contributed by atoms with Crippen molar-refractivity contribution in [1.82, 2.24) is 9.38 Å². The molecule has 0 atom stereocenters. The Morgan fingerprint density at radius 3 is 2.91 bits per heavy atom. The van der Waals surface area contributed by atoms with Crippen molar-refractivity contribution in [2.45, 2.75) is 20.3 Å². The topological polar surface area (TPSA) is 56.0 Å². The first kappa shape index (κ1) is 15.4. The summed E-state index contributed by atoms with van der Waals surface area (Å²) in [7, 11) is 0. The van der Waals surface area contributed by atoms with Gasteiger partial charge in [-0.3, -0.25) is 4.40 Å². The van der Waals surface area contributed by atoms with Crippen LogP contribution < -0.4 is 0 Å².